The Labute approximate surface area is 260 Å². The number of benzene rings is 3. The van der Waals surface area contributed by atoms with Gasteiger partial charge in [-0.1, -0.05) is 31.3 Å². The minimum Gasteiger partial charge on any atom is -0.507 e. The Hall–Kier alpha value is -4.57. The van der Waals surface area contributed by atoms with Crippen LogP contribution < -0.4 is 23.8 Å². The highest BCUT2D eigenvalue weighted by Crippen LogP contribution is 2.46. The van der Waals surface area contributed by atoms with Crippen molar-refractivity contribution in [3.05, 3.63) is 77.4 Å². The van der Waals surface area contributed by atoms with Crippen LogP contribution in [0.3, 0.4) is 0 Å². The molecule has 4 aromatic rings. The van der Waals surface area contributed by atoms with Gasteiger partial charge in [0.25, 0.3) is 5.78 Å². The summed E-state index contributed by atoms with van der Waals surface area (Å²) in [5, 5.41) is 11.9. The van der Waals surface area contributed by atoms with E-state index < -0.39 is 17.7 Å². The standard InChI is InChI=1S/C34H36N2O7S/c1-6-41-24-13-14-25-28(19-24)44-34(35-25)36-30(22-10-15-26(27(18-22)42-7-2)43-17-16-20(3)4)29(32(38)33(36)39)31(37)21-8-11-23(40-5)12-9-21/h8-15,18-20,30,37H,6-7,16-17H2,1-5H3/b31-29+. The van der Waals surface area contributed by atoms with Gasteiger partial charge in [-0.25, -0.2) is 4.98 Å². The van der Waals surface area contributed by atoms with E-state index in [0.717, 1.165) is 11.1 Å². The third-order valence-corrected chi connectivity index (χ3v) is 8.23. The van der Waals surface area contributed by atoms with Crippen LogP contribution in [0.2, 0.25) is 0 Å². The predicted octanol–water partition coefficient (Wildman–Crippen LogP) is 7.15. The molecule has 10 heteroatoms. The Balaban J connectivity index is 1.66. The second kappa shape index (κ2) is 13.4. The molecule has 1 aromatic heterocycles. The molecule has 230 valence electrons. The molecule has 44 heavy (non-hydrogen) atoms. The normalized spacial score (nSPS) is 16.1. The van der Waals surface area contributed by atoms with E-state index in [9.17, 15) is 14.7 Å². The number of hydrogen-bond donors (Lipinski definition) is 1. The molecule has 1 amide bonds. The van der Waals surface area contributed by atoms with Gasteiger partial charge >= 0.3 is 5.91 Å². The molecule has 1 saturated heterocycles. The monoisotopic (exact) mass is 616 g/mol. The van der Waals surface area contributed by atoms with Crippen LogP contribution in [0.4, 0.5) is 5.13 Å². The first-order valence-corrected chi connectivity index (χ1v) is 15.5. The number of methoxy groups -OCH3 is 1. The Bertz CT molecular complexity index is 1690. The number of hydrogen-bond acceptors (Lipinski definition) is 9. The zero-order valence-electron chi connectivity index (χ0n) is 25.5. The third kappa shape index (κ3) is 6.21. The van der Waals surface area contributed by atoms with Crippen molar-refractivity contribution >= 4 is 44.1 Å². The molecular formula is C34H36N2O7S. The van der Waals surface area contributed by atoms with Crippen molar-refractivity contribution in [2.75, 3.05) is 31.8 Å². The second-order valence-electron chi connectivity index (χ2n) is 10.6. The summed E-state index contributed by atoms with van der Waals surface area (Å²) in [6, 6.07) is 16.5. The van der Waals surface area contributed by atoms with Gasteiger partial charge in [-0.2, -0.15) is 0 Å². The Morgan fingerprint density at radius 2 is 1.66 bits per heavy atom. The lowest BCUT2D eigenvalue weighted by Crippen LogP contribution is -2.29. The van der Waals surface area contributed by atoms with E-state index in [1.165, 1.54) is 16.2 Å². The lowest BCUT2D eigenvalue weighted by molar-refractivity contribution is -0.132. The third-order valence-electron chi connectivity index (χ3n) is 7.21. The predicted molar refractivity (Wildman–Crippen MR) is 171 cm³/mol. The number of anilines is 1. The SMILES string of the molecule is CCOc1ccc2nc(N3C(=O)C(=O)/C(=C(/O)c4ccc(OC)cc4)C3c3ccc(OCCC(C)C)c(OCC)c3)sc2c1. The van der Waals surface area contributed by atoms with E-state index in [2.05, 4.69) is 13.8 Å². The average Bonchev–Trinajstić information content (AvgIpc) is 3.55. The van der Waals surface area contributed by atoms with Crippen molar-refractivity contribution in [1.82, 2.24) is 4.98 Å². The lowest BCUT2D eigenvalue weighted by Gasteiger charge is -2.24. The van der Waals surface area contributed by atoms with Crippen LogP contribution in [0, 0.1) is 5.92 Å². The van der Waals surface area contributed by atoms with Gasteiger partial charge in [0.1, 0.15) is 17.3 Å². The largest absolute Gasteiger partial charge is 0.507 e. The number of ether oxygens (including phenoxy) is 4. The molecule has 0 bridgehead atoms. The van der Waals surface area contributed by atoms with Crippen LogP contribution in [0.5, 0.6) is 23.0 Å². The number of aliphatic hydroxyl groups excluding tert-OH is 1. The molecule has 0 spiro atoms. The van der Waals surface area contributed by atoms with Crippen LogP contribution in [0.1, 0.15) is 51.3 Å². The maximum absolute atomic E-state index is 13.8. The highest BCUT2D eigenvalue weighted by atomic mass is 32.1. The molecule has 0 radical (unpaired) electrons. The summed E-state index contributed by atoms with van der Waals surface area (Å²) in [5.41, 5.74) is 1.55. The smallest absolute Gasteiger partial charge is 0.301 e. The summed E-state index contributed by atoms with van der Waals surface area (Å²) in [7, 11) is 1.54. The van der Waals surface area contributed by atoms with Crippen molar-refractivity contribution in [3.63, 3.8) is 0 Å². The van der Waals surface area contributed by atoms with Gasteiger partial charge in [0.15, 0.2) is 16.6 Å². The van der Waals surface area contributed by atoms with E-state index >= 15 is 0 Å². The van der Waals surface area contributed by atoms with Gasteiger partial charge in [0.05, 0.1) is 48.8 Å². The molecular weight excluding hydrogens is 580 g/mol. The van der Waals surface area contributed by atoms with Crippen molar-refractivity contribution in [1.29, 1.82) is 0 Å². The minimum atomic E-state index is -0.979. The number of aromatic nitrogens is 1. The maximum atomic E-state index is 13.8. The summed E-state index contributed by atoms with van der Waals surface area (Å²) >= 11 is 1.27. The van der Waals surface area contributed by atoms with Gasteiger partial charge in [-0.3, -0.25) is 14.5 Å². The fourth-order valence-corrected chi connectivity index (χ4v) is 6.01. The average molecular weight is 617 g/mol. The number of rotatable bonds is 12. The van der Waals surface area contributed by atoms with Crippen LogP contribution in [-0.2, 0) is 9.59 Å². The van der Waals surface area contributed by atoms with E-state index in [-0.39, 0.29) is 11.3 Å². The number of thiazole rings is 1. The highest BCUT2D eigenvalue weighted by molar-refractivity contribution is 7.22. The zero-order valence-corrected chi connectivity index (χ0v) is 26.3. The Morgan fingerprint density at radius 3 is 2.34 bits per heavy atom. The number of carbonyl (C=O) groups excluding carboxylic acids is 2. The summed E-state index contributed by atoms with van der Waals surface area (Å²) in [5.74, 6) is 0.893. The van der Waals surface area contributed by atoms with E-state index in [1.807, 2.05) is 32.0 Å². The summed E-state index contributed by atoms with van der Waals surface area (Å²) in [6.07, 6.45) is 0.873. The number of carbonyl (C=O) groups is 2. The second-order valence-corrected chi connectivity index (χ2v) is 11.6. The fourth-order valence-electron chi connectivity index (χ4n) is 4.99. The van der Waals surface area contributed by atoms with Gasteiger partial charge in [0, 0.05) is 5.56 Å². The molecule has 1 aliphatic heterocycles. The van der Waals surface area contributed by atoms with E-state index in [4.69, 9.17) is 23.9 Å². The summed E-state index contributed by atoms with van der Waals surface area (Å²) in [6.45, 7) is 9.44. The first-order valence-electron chi connectivity index (χ1n) is 14.6. The number of Topliss-reactive ketones (excluding diaryl/α,β-unsaturated/α-hetero) is 1. The zero-order chi connectivity index (χ0) is 31.4. The van der Waals surface area contributed by atoms with Gasteiger partial charge in [0.2, 0.25) is 0 Å². The highest BCUT2D eigenvalue weighted by Gasteiger charge is 2.48. The van der Waals surface area contributed by atoms with Crippen LogP contribution >= 0.6 is 11.3 Å². The minimum absolute atomic E-state index is 0.0506. The first kappa shape index (κ1) is 30.9. The molecule has 1 fully saturated rings. The summed E-state index contributed by atoms with van der Waals surface area (Å²) in [4.78, 5) is 33.5. The molecule has 1 unspecified atom stereocenters. The lowest BCUT2D eigenvalue weighted by atomic mass is 9.95. The molecule has 1 N–H and O–H groups in total. The number of nitrogens with zero attached hydrogens (tertiary/aromatic N) is 2. The van der Waals surface area contributed by atoms with Crippen LogP contribution in [0.15, 0.2) is 66.2 Å². The van der Waals surface area contributed by atoms with Crippen LogP contribution in [0.25, 0.3) is 16.0 Å². The number of ketones is 1. The fraction of sp³-hybridized carbons (Fsp3) is 0.324. The molecule has 5 rings (SSSR count). The molecule has 9 nitrogen and oxygen atoms in total. The Kier molecular flexibility index (Phi) is 9.39. The first-order chi connectivity index (χ1) is 21.2. The summed E-state index contributed by atoms with van der Waals surface area (Å²) < 4.78 is 23.7. The van der Waals surface area contributed by atoms with Crippen LogP contribution in [-0.4, -0.2) is 48.7 Å². The molecule has 1 aliphatic rings. The van der Waals surface area contributed by atoms with E-state index in [0.29, 0.717) is 70.5 Å². The van der Waals surface area contributed by atoms with Crippen molar-refractivity contribution in [2.45, 2.75) is 40.2 Å². The number of aliphatic hydroxyl groups is 1. The topological polar surface area (TPSA) is 107 Å². The number of amides is 1. The molecule has 3 aromatic carbocycles. The Morgan fingerprint density at radius 1 is 0.932 bits per heavy atom. The van der Waals surface area contributed by atoms with Crippen molar-refractivity contribution < 1.29 is 33.6 Å². The molecule has 2 heterocycles. The van der Waals surface area contributed by atoms with Gasteiger partial charge < -0.3 is 24.1 Å². The molecule has 1 atom stereocenters. The molecule has 0 saturated carbocycles. The number of fused-ring (bicyclic) bond motifs is 1. The van der Waals surface area contributed by atoms with Crippen molar-refractivity contribution in [3.8, 4) is 23.0 Å². The van der Waals surface area contributed by atoms with Gasteiger partial charge in [-0.05, 0) is 86.3 Å². The quantitative estimate of drug-likeness (QED) is 0.102. The van der Waals surface area contributed by atoms with Gasteiger partial charge in [-0.15, -0.1) is 0 Å². The van der Waals surface area contributed by atoms with E-state index in [1.54, 1.807) is 49.6 Å². The maximum Gasteiger partial charge on any atom is 0.301 e. The molecule has 0 aliphatic carbocycles. The van der Waals surface area contributed by atoms with Crippen molar-refractivity contribution in [2.24, 2.45) is 5.92 Å².